The monoisotopic (exact) mass is 459 g/mol. The van der Waals surface area contributed by atoms with Crippen molar-refractivity contribution in [3.63, 3.8) is 0 Å². The van der Waals surface area contributed by atoms with Gasteiger partial charge in [-0.05, 0) is 30.3 Å². The van der Waals surface area contributed by atoms with Crippen molar-refractivity contribution in [2.45, 2.75) is 13.0 Å². The first-order chi connectivity index (χ1) is 14.9. The summed E-state index contributed by atoms with van der Waals surface area (Å²) in [5.74, 6) is -0.287. The van der Waals surface area contributed by atoms with Crippen LogP contribution < -0.4 is 5.56 Å². The predicted molar refractivity (Wildman–Crippen MR) is 117 cm³/mol. The van der Waals surface area contributed by atoms with Crippen LogP contribution in [0, 0.1) is 0 Å². The van der Waals surface area contributed by atoms with Crippen LogP contribution in [-0.4, -0.2) is 62.8 Å². The molecule has 1 saturated heterocycles. The molecular weight excluding hydrogens is 441 g/mol. The minimum Gasteiger partial charge on any atom is -0.339 e. The molecule has 0 aliphatic carbocycles. The van der Waals surface area contributed by atoms with Crippen molar-refractivity contribution < 1.29 is 9.59 Å². The first kappa shape index (κ1) is 21.3. The Kier molecular flexibility index (Phi) is 6.20. The second-order valence-corrected chi connectivity index (χ2v) is 8.03. The van der Waals surface area contributed by atoms with Crippen LogP contribution in [0.15, 0.2) is 47.3 Å². The van der Waals surface area contributed by atoms with Gasteiger partial charge < -0.3 is 9.80 Å². The Morgan fingerprint density at radius 3 is 2.42 bits per heavy atom. The van der Waals surface area contributed by atoms with Gasteiger partial charge in [0.05, 0.1) is 22.5 Å². The van der Waals surface area contributed by atoms with Crippen molar-refractivity contribution in [3.8, 4) is 0 Å². The molecule has 0 spiro atoms. The Balaban J connectivity index is 1.34. The second-order valence-electron chi connectivity index (χ2n) is 7.18. The lowest BCUT2D eigenvalue weighted by Crippen LogP contribution is -2.50. The first-order valence-corrected chi connectivity index (χ1v) is 10.5. The van der Waals surface area contributed by atoms with Crippen LogP contribution >= 0.6 is 23.2 Å². The summed E-state index contributed by atoms with van der Waals surface area (Å²) in [6, 6.07) is 11.7. The Bertz CT molecular complexity index is 1210. The van der Waals surface area contributed by atoms with Gasteiger partial charge in [0.15, 0.2) is 0 Å². The number of amides is 2. The quantitative estimate of drug-likeness (QED) is 0.597. The molecule has 10 heteroatoms. The average molecular weight is 460 g/mol. The molecule has 8 nitrogen and oxygen atoms in total. The van der Waals surface area contributed by atoms with Crippen molar-refractivity contribution >= 4 is 45.9 Å². The Morgan fingerprint density at radius 1 is 0.968 bits per heavy atom. The molecule has 0 unspecified atom stereocenters. The van der Waals surface area contributed by atoms with Crippen LogP contribution in [0.2, 0.25) is 10.0 Å². The molecule has 0 saturated carbocycles. The fourth-order valence-electron chi connectivity index (χ4n) is 3.52. The van der Waals surface area contributed by atoms with Crippen LogP contribution in [0.4, 0.5) is 0 Å². The van der Waals surface area contributed by atoms with E-state index in [1.54, 1.807) is 46.2 Å². The lowest BCUT2D eigenvalue weighted by molar-refractivity contribution is -0.133. The van der Waals surface area contributed by atoms with Crippen LogP contribution in [0.3, 0.4) is 0 Å². The highest BCUT2D eigenvalue weighted by Crippen LogP contribution is 2.23. The number of rotatable bonds is 4. The van der Waals surface area contributed by atoms with Gasteiger partial charge >= 0.3 is 0 Å². The highest BCUT2D eigenvalue weighted by molar-refractivity contribution is 6.36. The fraction of sp³-hybridized carbons (Fsp3) is 0.286. The third-order valence-electron chi connectivity index (χ3n) is 5.25. The number of halogens is 2. The Labute approximate surface area is 188 Å². The zero-order valence-corrected chi connectivity index (χ0v) is 18.0. The number of piperazine rings is 1. The molecule has 160 valence electrons. The van der Waals surface area contributed by atoms with E-state index in [1.165, 1.54) is 10.7 Å². The van der Waals surface area contributed by atoms with E-state index in [2.05, 4.69) is 10.3 Å². The van der Waals surface area contributed by atoms with Crippen molar-refractivity contribution in [3.05, 3.63) is 68.4 Å². The summed E-state index contributed by atoms with van der Waals surface area (Å²) in [5, 5.41) is 9.18. The molecule has 0 N–H and O–H groups in total. The van der Waals surface area contributed by atoms with E-state index in [1.807, 2.05) is 0 Å². The van der Waals surface area contributed by atoms with E-state index in [4.69, 9.17) is 23.2 Å². The summed E-state index contributed by atoms with van der Waals surface area (Å²) in [6.45, 7) is 1.77. The minimum atomic E-state index is -0.270. The van der Waals surface area contributed by atoms with Crippen molar-refractivity contribution in [2.75, 3.05) is 26.2 Å². The van der Waals surface area contributed by atoms with E-state index >= 15 is 0 Å². The number of fused-ring (bicyclic) bond motifs is 1. The maximum absolute atomic E-state index is 12.7. The topological polar surface area (TPSA) is 88.4 Å². The zero-order valence-electron chi connectivity index (χ0n) is 16.5. The summed E-state index contributed by atoms with van der Waals surface area (Å²) in [7, 11) is 0. The van der Waals surface area contributed by atoms with Crippen LogP contribution in [0.1, 0.15) is 16.8 Å². The SMILES string of the molecule is O=C(CCn1nnc2ccccc2c1=O)N1CCN(C(=O)c2ccc(Cl)cc2Cl)CC1. The molecule has 0 radical (unpaired) electrons. The van der Waals surface area contributed by atoms with Crippen LogP contribution in [-0.2, 0) is 11.3 Å². The number of nitrogens with zero attached hydrogens (tertiary/aromatic N) is 5. The molecule has 31 heavy (non-hydrogen) atoms. The summed E-state index contributed by atoms with van der Waals surface area (Å²) in [6.07, 6.45) is 0.129. The molecule has 1 aliphatic rings. The Hall–Kier alpha value is -2.97. The number of hydrogen-bond donors (Lipinski definition) is 0. The summed E-state index contributed by atoms with van der Waals surface area (Å²) in [4.78, 5) is 41.2. The maximum atomic E-state index is 12.7. The number of aromatic nitrogens is 3. The van der Waals surface area contributed by atoms with Gasteiger partial charge in [-0.2, -0.15) is 0 Å². The van der Waals surface area contributed by atoms with Crippen LogP contribution in [0.5, 0.6) is 0 Å². The first-order valence-electron chi connectivity index (χ1n) is 9.78. The fourth-order valence-corrected chi connectivity index (χ4v) is 4.01. The molecule has 0 atom stereocenters. The summed E-state index contributed by atoms with van der Waals surface area (Å²) >= 11 is 12.0. The van der Waals surface area contributed by atoms with Gasteiger partial charge in [0.1, 0.15) is 5.52 Å². The predicted octanol–water partition coefficient (Wildman–Crippen LogP) is 2.47. The van der Waals surface area contributed by atoms with E-state index in [0.717, 1.165) is 0 Å². The largest absolute Gasteiger partial charge is 0.339 e. The van der Waals surface area contributed by atoms with E-state index in [-0.39, 0.29) is 30.3 Å². The van der Waals surface area contributed by atoms with Crippen molar-refractivity contribution in [2.24, 2.45) is 0 Å². The second kappa shape index (κ2) is 9.03. The number of carbonyl (C=O) groups is 2. The van der Waals surface area contributed by atoms with Gasteiger partial charge in [0.25, 0.3) is 11.5 Å². The average Bonchev–Trinajstić information content (AvgIpc) is 2.78. The van der Waals surface area contributed by atoms with E-state index in [0.29, 0.717) is 52.7 Å². The number of hydrogen-bond acceptors (Lipinski definition) is 5. The van der Waals surface area contributed by atoms with Gasteiger partial charge in [0, 0.05) is 37.6 Å². The smallest absolute Gasteiger partial charge is 0.277 e. The van der Waals surface area contributed by atoms with Gasteiger partial charge in [0.2, 0.25) is 5.91 Å². The molecule has 1 aromatic heterocycles. The Morgan fingerprint density at radius 2 is 1.68 bits per heavy atom. The molecule has 0 bridgehead atoms. The molecule has 3 aromatic rings. The van der Waals surface area contributed by atoms with Gasteiger partial charge in [-0.3, -0.25) is 14.4 Å². The molecule has 4 rings (SSSR count). The number of carbonyl (C=O) groups excluding carboxylic acids is 2. The highest BCUT2D eigenvalue weighted by atomic mass is 35.5. The third kappa shape index (κ3) is 4.55. The van der Waals surface area contributed by atoms with Gasteiger partial charge in [-0.25, -0.2) is 4.68 Å². The molecule has 2 amide bonds. The highest BCUT2D eigenvalue weighted by Gasteiger charge is 2.26. The maximum Gasteiger partial charge on any atom is 0.277 e. The molecule has 2 heterocycles. The molecule has 1 fully saturated rings. The van der Waals surface area contributed by atoms with Gasteiger partial charge in [-0.15, -0.1) is 5.10 Å². The third-order valence-corrected chi connectivity index (χ3v) is 5.80. The van der Waals surface area contributed by atoms with Gasteiger partial charge in [-0.1, -0.05) is 40.5 Å². The lowest BCUT2D eigenvalue weighted by Gasteiger charge is -2.35. The minimum absolute atomic E-state index is 0.0986. The molecular formula is C21H19Cl2N5O3. The molecule has 2 aromatic carbocycles. The number of aryl methyl sites for hydroxylation is 1. The van der Waals surface area contributed by atoms with Crippen molar-refractivity contribution in [1.29, 1.82) is 0 Å². The lowest BCUT2D eigenvalue weighted by atomic mass is 10.1. The van der Waals surface area contributed by atoms with Crippen molar-refractivity contribution in [1.82, 2.24) is 24.8 Å². The van der Waals surface area contributed by atoms with E-state index < -0.39 is 0 Å². The normalized spacial score (nSPS) is 14.1. The van der Waals surface area contributed by atoms with E-state index in [9.17, 15) is 14.4 Å². The number of benzene rings is 2. The van der Waals surface area contributed by atoms with Crippen LogP contribution in [0.25, 0.3) is 10.9 Å². The standard InChI is InChI=1S/C21H19Cl2N5O3/c22-14-5-6-15(17(23)13-14)20(30)27-11-9-26(10-12-27)19(29)7-8-28-21(31)16-3-1-2-4-18(16)24-25-28/h1-6,13H,7-12H2. The molecule has 1 aliphatic heterocycles. The zero-order chi connectivity index (χ0) is 22.0. The summed E-state index contributed by atoms with van der Waals surface area (Å²) in [5.41, 5.74) is 0.644. The summed E-state index contributed by atoms with van der Waals surface area (Å²) < 4.78 is 1.21.